The highest BCUT2D eigenvalue weighted by Crippen LogP contribution is 2.37. The van der Waals surface area contributed by atoms with Gasteiger partial charge in [-0.1, -0.05) is 18.2 Å². The number of carbonyl (C=O) groups excluding carboxylic acids is 1. The van der Waals surface area contributed by atoms with Crippen molar-refractivity contribution in [2.45, 2.75) is 19.9 Å². The first kappa shape index (κ1) is 23.1. The molecule has 2 aromatic heterocycles. The number of benzene rings is 2. The highest BCUT2D eigenvalue weighted by molar-refractivity contribution is 5.89. The van der Waals surface area contributed by atoms with E-state index in [1.165, 1.54) is 5.56 Å². The number of para-hydroxylation sites is 1. The Morgan fingerprint density at radius 2 is 1.73 bits per heavy atom. The molecule has 0 radical (unpaired) electrons. The molecule has 37 heavy (non-hydrogen) atoms. The van der Waals surface area contributed by atoms with Crippen molar-refractivity contribution in [1.29, 1.82) is 0 Å². The zero-order valence-corrected chi connectivity index (χ0v) is 20.7. The molecule has 0 bridgehead atoms. The fraction of sp³-hybridized carbons (Fsp3) is 0.333. The Morgan fingerprint density at radius 3 is 2.51 bits per heavy atom. The minimum Gasteiger partial charge on any atom is -0.508 e. The number of hydrogen-bond acceptors (Lipinski definition) is 9. The number of ether oxygens (including phenoxy) is 1. The van der Waals surface area contributed by atoms with Crippen molar-refractivity contribution < 1.29 is 14.6 Å². The lowest BCUT2D eigenvalue weighted by atomic mass is 10.2. The number of imidazole rings is 1. The van der Waals surface area contributed by atoms with Crippen LogP contribution in [0.5, 0.6) is 5.75 Å². The lowest BCUT2D eigenvalue weighted by Crippen LogP contribution is -2.47. The van der Waals surface area contributed by atoms with Gasteiger partial charge in [-0.15, -0.1) is 0 Å². The predicted molar refractivity (Wildman–Crippen MR) is 142 cm³/mol. The van der Waals surface area contributed by atoms with Gasteiger partial charge in [0, 0.05) is 44.1 Å². The maximum absolute atomic E-state index is 12.3. The molecule has 0 saturated carbocycles. The summed E-state index contributed by atoms with van der Waals surface area (Å²) >= 11 is 0. The second kappa shape index (κ2) is 9.61. The van der Waals surface area contributed by atoms with Crippen LogP contribution in [0.3, 0.4) is 0 Å². The Hall–Kier alpha value is -4.34. The quantitative estimate of drug-likeness (QED) is 0.401. The molecule has 0 atom stereocenters. The fourth-order valence-electron chi connectivity index (χ4n) is 5.10. The Balaban J connectivity index is 1.34. The molecule has 190 valence electrons. The van der Waals surface area contributed by atoms with Gasteiger partial charge in [0.2, 0.25) is 5.95 Å². The topological polar surface area (TPSA) is 99.9 Å². The summed E-state index contributed by atoms with van der Waals surface area (Å²) in [4.78, 5) is 33.5. The van der Waals surface area contributed by atoms with Crippen LogP contribution < -0.4 is 14.7 Å². The van der Waals surface area contributed by atoms with Crippen molar-refractivity contribution in [3.8, 4) is 5.75 Å². The van der Waals surface area contributed by atoms with Gasteiger partial charge in [-0.25, -0.2) is 4.98 Å². The molecule has 2 aliphatic rings. The molecule has 6 rings (SSSR count). The average Bonchev–Trinajstić information content (AvgIpc) is 3.53. The van der Waals surface area contributed by atoms with E-state index in [-0.39, 0.29) is 18.3 Å². The first-order valence-corrected chi connectivity index (χ1v) is 12.6. The van der Waals surface area contributed by atoms with E-state index in [4.69, 9.17) is 14.7 Å². The zero-order valence-electron chi connectivity index (χ0n) is 20.7. The molecule has 1 fully saturated rings. The standard InChI is InChI=1S/C27H29N7O3/c1-2-37-23(36)17-33-18-28-24-25(33)29-27(30-26(24)34-12-11-19-5-3-4-6-22(19)34)32-15-13-31(14-16-32)20-7-9-21(35)10-8-20/h3-10,18,35H,2,11-17H2,1H3. The Bertz CT molecular complexity index is 1430. The van der Waals surface area contributed by atoms with Gasteiger partial charge in [0.05, 0.1) is 12.9 Å². The van der Waals surface area contributed by atoms with E-state index in [9.17, 15) is 9.90 Å². The Labute approximate surface area is 214 Å². The van der Waals surface area contributed by atoms with Crippen LogP contribution >= 0.6 is 0 Å². The highest BCUT2D eigenvalue weighted by atomic mass is 16.5. The van der Waals surface area contributed by atoms with Crippen LogP contribution in [0, 0.1) is 0 Å². The number of fused-ring (bicyclic) bond motifs is 2. The van der Waals surface area contributed by atoms with Crippen LogP contribution in [0.2, 0.25) is 0 Å². The van der Waals surface area contributed by atoms with Crippen LogP contribution in [0.15, 0.2) is 54.9 Å². The number of phenols is 1. The van der Waals surface area contributed by atoms with E-state index in [0.29, 0.717) is 23.7 Å². The van der Waals surface area contributed by atoms with E-state index in [1.807, 2.05) is 18.2 Å². The monoisotopic (exact) mass is 499 g/mol. The molecule has 10 nitrogen and oxygen atoms in total. The summed E-state index contributed by atoms with van der Waals surface area (Å²) in [7, 11) is 0. The molecule has 1 N–H and O–H groups in total. The average molecular weight is 500 g/mol. The van der Waals surface area contributed by atoms with Gasteiger partial charge in [0.25, 0.3) is 0 Å². The van der Waals surface area contributed by atoms with Gasteiger partial charge in [-0.05, 0) is 49.2 Å². The van der Waals surface area contributed by atoms with E-state index in [0.717, 1.165) is 56.3 Å². The molecule has 4 aromatic rings. The number of anilines is 4. The van der Waals surface area contributed by atoms with E-state index < -0.39 is 0 Å². The number of esters is 1. The van der Waals surface area contributed by atoms with Gasteiger partial charge >= 0.3 is 5.97 Å². The summed E-state index contributed by atoms with van der Waals surface area (Å²) in [5.74, 6) is 1.33. The van der Waals surface area contributed by atoms with E-state index in [2.05, 4.69) is 37.9 Å². The summed E-state index contributed by atoms with van der Waals surface area (Å²) in [5.41, 5.74) is 4.79. The van der Waals surface area contributed by atoms with Crippen LogP contribution in [-0.4, -0.2) is 69.9 Å². The van der Waals surface area contributed by atoms with Gasteiger partial charge in [-0.3, -0.25) is 4.79 Å². The number of carbonyl (C=O) groups is 1. The van der Waals surface area contributed by atoms with Crippen LogP contribution in [0.25, 0.3) is 11.2 Å². The van der Waals surface area contributed by atoms with Crippen molar-refractivity contribution >= 4 is 40.3 Å². The Kier molecular flexibility index (Phi) is 5.99. The fourth-order valence-corrected chi connectivity index (χ4v) is 5.10. The van der Waals surface area contributed by atoms with Crippen molar-refractivity contribution in [2.75, 3.05) is 54.0 Å². The first-order valence-electron chi connectivity index (χ1n) is 12.6. The third kappa shape index (κ3) is 4.39. The summed E-state index contributed by atoms with van der Waals surface area (Å²) in [6, 6.07) is 15.7. The summed E-state index contributed by atoms with van der Waals surface area (Å²) in [5, 5.41) is 9.62. The van der Waals surface area contributed by atoms with Crippen molar-refractivity contribution in [2.24, 2.45) is 0 Å². The second-order valence-electron chi connectivity index (χ2n) is 9.22. The van der Waals surface area contributed by atoms with Crippen molar-refractivity contribution in [1.82, 2.24) is 19.5 Å². The molecule has 0 spiro atoms. The van der Waals surface area contributed by atoms with Crippen LogP contribution in [0.4, 0.5) is 23.1 Å². The second-order valence-corrected chi connectivity index (χ2v) is 9.22. The van der Waals surface area contributed by atoms with Crippen LogP contribution in [-0.2, 0) is 22.5 Å². The van der Waals surface area contributed by atoms with Crippen molar-refractivity contribution in [3.63, 3.8) is 0 Å². The SMILES string of the molecule is CCOC(=O)Cn1cnc2c(N3CCc4ccccc43)nc(N3CCN(c4ccc(O)cc4)CC3)nc21. The number of nitrogens with zero attached hydrogens (tertiary/aromatic N) is 7. The Morgan fingerprint density at radius 1 is 0.973 bits per heavy atom. The molecule has 0 amide bonds. The van der Waals surface area contributed by atoms with E-state index >= 15 is 0 Å². The van der Waals surface area contributed by atoms with E-state index in [1.54, 1.807) is 30.0 Å². The molecule has 0 aliphatic carbocycles. The molecular weight excluding hydrogens is 470 g/mol. The summed E-state index contributed by atoms with van der Waals surface area (Å²) in [6.07, 6.45) is 2.58. The van der Waals surface area contributed by atoms with Gasteiger partial charge in [-0.2, -0.15) is 9.97 Å². The summed E-state index contributed by atoms with van der Waals surface area (Å²) in [6.45, 7) is 6.07. The molecule has 1 saturated heterocycles. The van der Waals surface area contributed by atoms with Gasteiger partial charge < -0.3 is 29.1 Å². The number of piperazine rings is 1. The highest BCUT2D eigenvalue weighted by Gasteiger charge is 2.28. The minimum absolute atomic E-state index is 0.0471. The van der Waals surface area contributed by atoms with Gasteiger partial charge in [0.1, 0.15) is 12.3 Å². The number of phenolic OH excluding ortho intramolecular Hbond substituents is 1. The minimum atomic E-state index is -0.322. The zero-order chi connectivity index (χ0) is 25.4. The molecule has 10 heteroatoms. The third-order valence-electron chi connectivity index (χ3n) is 6.96. The maximum atomic E-state index is 12.3. The van der Waals surface area contributed by atoms with Crippen LogP contribution in [0.1, 0.15) is 12.5 Å². The lowest BCUT2D eigenvalue weighted by Gasteiger charge is -2.36. The molecule has 0 unspecified atom stereocenters. The normalized spacial score (nSPS) is 15.3. The summed E-state index contributed by atoms with van der Waals surface area (Å²) < 4.78 is 6.92. The largest absolute Gasteiger partial charge is 0.508 e. The number of aromatic nitrogens is 4. The van der Waals surface area contributed by atoms with Crippen molar-refractivity contribution in [3.05, 3.63) is 60.4 Å². The molecule has 2 aliphatic heterocycles. The predicted octanol–water partition coefficient (Wildman–Crippen LogP) is 3.12. The number of aromatic hydroxyl groups is 1. The lowest BCUT2D eigenvalue weighted by molar-refractivity contribution is -0.143. The first-order chi connectivity index (χ1) is 18.1. The number of rotatable bonds is 6. The molecular formula is C27H29N7O3. The van der Waals surface area contributed by atoms with Gasteiger partial charge in [0.15, 0.2) is 17.0 Å². The maximum Gasteiger partial charge on any atom is 0.326 e. The molecule has 4 heterocycles. The smallest absolute Gasteiger partial charge is 0.326 e. The number of hydrogen-bond donors (Lipinski definition) is 1. The molecule has 2 aromatic carbocycles. The third-order valence-corrected chi connectivity index (χ3v) is 6.96.